The molecule has 1 aliphatic rings. The lowest BCUT2D eigenvalue weighted by atomic mass is 9.93. The lowest BCUT2D eigenvalue weighted by Gasteiger charge is -2.48. The number of carbonyl (C=O) groups excluding carboxylic acids is 5. The van der Waals surface area contributed by atoms with Gasteiger partial charge in [0.05, 0.1) is 0 Å². The molecule has 1 aliphatic heterocycles. The fourth-order valence-electron chi connectivity index (χ4n) is 2.69. The number of rotatable bonds is 7. The van der Waals surface area contributed by atoms with Crippen molar-refractivity contribution >= 4 is 29.8 Å². The Morgan fingerprint density at radius 2 is 1.47 bits per heavy atom. The van der Waals surface area contributed by atoms with Crippen LogP contribution in [0.1, 0.15) is 34.6 Å². The van der Waals surface area contributed by atoms with E-state index < -0.39 is 66.8 Å². The van der Waals surface area contributed by atoms with Crippen molar-refractivity contribution in [2.75, 3.05) is 6.61 Å². The molecule has 1 fully saturated rings. The molecule has 0 amide bonds. The lowest BCUT2D eigenvalue weighted by molar-refractivity contribution is -0.334. The minimum Gasteiger partial charge on any atom is -0.463 e. The van der Waals surface area contributed by atoms with Crippen LogP contribution in [-0.4, -0.2) is 66.8 Å². The third-order valence-electron chi connectivity index (χ3n) is 3.54. The molecular weight excluding hydrogens is 410 g/mol. The Balaban J connectivity index is 3.67. The number of esters is 5. The van der Waals surface area contributed by atoms with E-state index in [9.17, 15) is 24.0 Å². The van der Waals surface area contributed by atoms with Crippen LogP contribution in [0.15, 0.2) is 5.11 Å². The predicted molar refractivity (Wildman–Crippen MR) is 91.8 cm³/mol. The van der Waals surface area contributed by atoms with Crippen molar-refractivity contribution < 1.29 is 52.4 Å². The van der Waals surface area contributed by atoms with Crippen molar-refractivity contribution in [3.8, 4) is 0 Å². The summed E-state index contributed by atoms with van der Waals surface area (Å²) >= 11 is 0. The molecule has 0 N–H and O–H groups in total. The monoisotopic (exact) mass is 431 g/mol. The third kappa shape index (κ3) is 6.32. The van der Waals surface area contributed by atoms with Crippen LogP contribution in [-0.2, 0) is 52.4 Å². The molecule has 1 heterocycles. The first-order valence-corrected chi connectivity index (χ1v) is 8.49. The average Bonchev–Trinajstić information content (AvgIpc) is 2.58. The van der Waals surface area contributed by atoms with Gasteiger partial charge in [0.25, 0.3) is 12.0 Å². The molecule has 0 aromatic rings. The van der Waals surface area contributed by atoms with E-state index in [1.54, 1.807) is 0 Å². The molecule has 0 spiro atoms. The van der Waals surface area contributed by atoms with Gasteiger partial charge in [0.1, 0.15) is 12.7 Å². The zero-order valence-corrected chi connectivity index (χ0v) is 16.8. The first-order chi connectivity index (χ1) is 13.9. The van der Waals surface area contributed by atoms with Gasteiger partial charge in [-0.05, 0) is 10.6 Å². The highest BCUT2D eigenvalue weighted by atomic mass is 16.8. The van der Waals surface area contributed by atoms with Crippen LogP contribution in [0.25, 0.3) is 10.4 Å². The SMILES string of the molecule is CC(=O)OC[C@H]1O[C@@H](OC(C)=O)[C@](N=[N+]=[N-])(OC(C)=O)[C@@H](OC(C)=O)[C@@H]1OC(C)=O. The van der Waals surface area contributed by atoms with E-state index in [0.717, 1.165) is 34.6 Å². The van der Waals surface area contributed by atoms with Crippen molar-refractivity contribution in [1.82, 2.24) is 0 Å². The number of hydrogen-bond acceptors (Lipinski definition) is 12. The number of ether oxygens (including phenoxy) is 6. The van der Waals surface area contributed by atoms with Crippen LogP contribution < -0.4 is 0 Å². The third-order valence-corrected chi connectivity index (χ3v) is 3.54. The summed E-state index contributed by atoms with van der Waals surface area (Å²) in [6.07, 6.45) is -6.70. The molecule has 30 heavy (non-hydrogen) atoms. The summed E-state index contributed by atoms with van der Waals surface area (Å²) in [4.78, 5) is 60.6. The number of carbonyl (C=O) groups is 5. The average molecular weight is 431 g/mol. The van der Waals surface area contributed by atoms with Gasteiger partial charge in [0.15, 0.2) is 12.2 Å². The normalized spacial score (nSPS) is 27.6. The van der Waals surface area contributed by atoms with E-state index in [1.807, 2.05) is 0 Å². The lowest BCUT2D eigenvalue weighted by Crippen LogP contribution is -2.69. The number of azide groups is 1. The van der Waals surface area contributed by atoms with Crippen LogP contribution in [0, 0.1) is 0 Å². The molecule has 1 saturated heterocycles. The maximum absolute atomic E-state index is 11.8. The molecule has 0 radical (unpaired) electrons. The summed E-state index contributed by atoms with van der Waals surface area (Å²) in [6.45, 7) is 4.49. The van der Waals surface area contributed by atoms with E-state index in [2.05, 4.69) is 10.0 Å². The van der Waals surface area contributed by atoms with Gasteiger partial charge >= 0.3 is 29.8 Å². The quantitative estimate of drug-likeness (QED) is 0.177. The second-order valence-corrected chi connectivity index (χ2v) is 6.06. The Kier molecular flexibility index (Phi) is 8.56. The number of nitrogens with zero attached hydrogens (tertiary/aromatic N) is 3. The van der Waals surface area contributed by atoms with Crippen LogP contribution in [0.2, 0.25) is 0 Å². The van der Waals surface area contributed by atoms with Crippen LogP contribution in [0.5, 0.6) is 0 Å². The Morgan fingerprint density at radius 3 is 1.90 bits per heavy atom. The van der Waals surface area contributed by atoms with Crippen LogP contribution in [0.4, 0.5) is 0 Å². The highest BCUT2D eigenvalue weighted by Crippen LogP contribution is 2.39. The molecule has 0 aliphatic carbocycles. The molecule has 14 nitrogen and oxygen atoms in total. The first-order valence-electron chi connectivity index (χ1n) is 8.49. The fraction of sp³-hybridized carbons (Fsp3) is 0.688. The standard InChI is InChI=1S/C16H21N3O11/c1-7(20)25-6-12-13(26-8(2)21)14(27-9(3)22)16(18-19-17,30-11(5)24)15(29-12)28-10(4)23/h12-15H,6H2,1-5H3/t12-,13-,14+,15-,16-/m1/s1. The first kappa shape index (κ1) is 24.7. The van der Waals surface area contributed by atoms with Gasteiger partial charge in [-0.2, -0.15) is 0 Å². The van der Waals surface area contributed by atoms with Crippen LogP contribution in [0.3, 0.4) is 0 Å². The van der Waals surface area contributed by atoms with Crippen molar-refractivity contribution in [3.63, 3.8) is 0 Å². The maximum atomic E-state index is 11.8. The minimum absolute atomic E-state index is 0.533. The Hall–Kier alpha value is -3.38. The van der Waals surface area contributed by atoms with Crippen molar-refractivity contribution in [2.24, 2.45) is 5.11 Å². The molecule has 5 atom stereocenters. The zero-order chi connectivity index (χ0) is 23.1. The van der Waals surface area contributed by atoms with E-state index >= 15 is 0 Å². The summed E-state index contributed by atoms with van der Waals surface area (Å²) < 4.78 is 30.7. The van der Waals surface area contributed by atoms with E-state index in [-0.39, 0.29) is 0 Å². The highest BCUT2D eigenvalue weighted by Gasteiger charge is 2.64. The second-order valence-electron chi connectivity index (χ2n) is 6.06. The van der Waals surface area contributed by atoms with E-state index in [0.29, 0.717) is 0 Å². The van der Waals surface area contributed by atoms with Gasteiger partial charge in [-0.1, -0.05) is 0 Å². The molecule has 14 heteroatoms. The van der Waals surface area contributed by atoms with Crippen molar-refractivity contribution in [1.29, 1.82) is 0 Å². The van der Waals surface area contributed by atoms with Crippen LogP contribution >= 0.6 is 0 Å². The fourth-order valence-corrected chi connectivity index (χ4v) is 2.69. The van der Waals surface area contributed by atoms with E-state index in [4.69, 9.17) is 34.0 Å². The summed E-state index contributed by atoms with van der Waals surface area (Å²) in [5.74, 6) is -4.52. The van der Waals surface area contributed by atoms with Gasteiger partial charge in [0.2, 0.25) is 0 Å². The molecule has 0 bridgehead atoms. The van der Waals surface area contributed by atoms with E-state index in [1.165, 1.54) is 0 Å². The molecule has 0 aromatic heterocycles. The second kappa shape index (κ2) is 10.4. The largest absolute Gasteiger partial charge is 0.463 e. The van der Waals surface area contributed by atoms with Gasteiger partial charge in [-0.15, -0.1) is 0 Å². The van der Waals surface area contributed by atoms with Gasteiger partial charge < -0.3 is 28.4 Å². The summed E-state index contributed by atoms with van der Waals surface area (Å²) in [6, 6.07) is 0. The predicted octanol–water partition coefficient (Wildman–Crippen LogP) is 0.271. The topological polar surface area (TPSA) is 189 Å². The Labute approximate surface area is 170 Å². The number of hydrogen-bond donors (Lipinski definition) is 0. The summed E-state index contributed by atoms with van der Waals surface area (Å²) in [5, 5.41) is 3.37. The Bertz CT molecular complexity index is 764. The molecule has 1 rings (SSSR count). The van der Waals surface area contributed by atoms with Gasteiger partial charge in [-0.3, -0.25) is 24.0 Å². The van der Waals surface area contributed by atoms with Gasteiger partial charge in [-0.25, -0.2) is 0 Å². The molecule has 166 valence electrons. The summed E-state index contributed by atoms with van der Waals surface area (Å²) in [5.41, 5.74) is 6.47. The minimum atomic E-state index is -2.59. The highest BCUT2D eigenvalue weighted by molar-refractivity contribution is 5.69. The smallest absolute Gasteiger partial charge is 0.305 e. The van der Waals surface area contributed by atoms with Crippen molar-refractivity contribution in [2.45, 2.75) is 64.9 Å². The molecule has 0 unspecified atom stereocenters. The Morgan fingerprint density at radius 1 is 0.900 bits per heavy atom. The molecular formula is C16H21N3O11. The summed E-state index contributed by atoms with van der Waals surface area (Å²) in [7, 11) is 0. The maximum Gasteiger partial charge on any atom is 0.305 e. The molecule has 0 aromatic carbocycles. The zero-order valence-electron chi connectivity index (χ0n) is 16.8. The molecule has 0 saturated carbocycles. The van der Waals surface area contributed by atoms with Gasteiger partial charge in [0, 0.05) is 39.5 Å². The van der Waals surface area contributed by atoms with Crippen molar-refractivity contribution in [3.05, 3.63) is 10.4 Å².